The van der Waals surface area contributed by atoms with E-state index < -0.39 is 11.2 Å². The Balaban J connectivity index is 2.77. The predicted octanol–water partition coefficient (Wildman–Crippen LogP) is 2.09. The summed E-state index contributed by atoms with van der Waals surface area (Å²) < 4.78 is 0. The highest BCUT2D eigenvalue weighted by Gasteiger charge is 2.34. The first-order chi connectivity index (χ1) is 6.90. The van der Waals surface area contributed by atoms with Crippen molar-refractivity contribution in [2.75, 3.05) is 0 Å². The Kier molecular flexibility index (Phi) is 3.81. The van der Waals surface area contributed by atoms with Crippen molar-refractivity contribution in [3.8, 4) is 11.8 Å². The Morgan fingerprint density at radius 2 is 2.13 bits per heavy atom. The van der Waals surface area contributed by atoms with Gasteiger partial charge in [0.2, 0.25) is 0 Å². The maximum atomic E-state index is 10.3. The van der Waals surface area contributed by atoms with Gasteiger partial charge in [-0.2, -0.15) is 0 Å². The van der Waals surface area contributed by atoms with E-state index in [2.05, 4.69) is 11.8 Å². The number of hydrogen-bond acceptors (Lipinski definition) is 2. The van der Waals surface area contributed by atoms with E-state index in [0.717, 1.165) is 19.3 Å². The van der Waals surface area contributed by atoms with Gasteiger partial charge in [-0.1, -0.05) is 32.1 Å². The van der Waals surface area contributed by atoms with Gasteiger partial charge >= 0.3 is 0 Å². The summed E-state index contributed by atoms with van der Waals surface area (Å²) in [7, 11) is 0. The van der Waals surface area contributed by atoms with Gasteiger partial charge in [0.05, 0.1) is 0 Å². The lowest BCUT2D eigenvalue weighted by molar-refractivity contribution is 0.0115. The predicted molar refractivity (Wildman–Crippen MR) is 61.3 cm³/mol. The molecule has 1 saturated carbocycles. The zero-order valence-electron chi connectivity index (χ0n) is 10.0. The lowest BCUT2D eigenvalue weighted by Gasteiger charge is -2.34. The second-order valence-electron chi connectivity index (χ2n) is 4.95. The molecular formula is C13H22O2. The molecule has 0 heterocycles. The Bertz CT molecular complexity index is 272. The highest BCUT2D eigenvalue weighted by molar-refractivity contribution is 5.21. The molecule has 0 aliphatic heterocycles. The van der Waals surface area contributed by atoms with Gasteiger partial charge in [-0.15, -0.1) is 0 Å². The van der Waals surface area contributed by atoms with Crippen LogP contribution < -0.4 is 0 Å². The Labute approximate surface area is 92.7 Å². The first kappa shape index (κ1) is 12.5. The topological polar surface area (TPSA) is 40.5 Å². The summed E-state index contributed by atoms with van der Waals surface area (Å²) in [4.78, 5) is 0. The van der Waals surface area contributed by atoms with Crippen LogP contribution in [0.5, 0.6) is 0 Å². The van der Waals surface area contributed by atoms with Gasteiger partial charge in [0.25, 0.3) is 0 Å². The SMILES string of the molecule is CCC(C)(O)C#CC1(O)CCCCC1C. The third kappa shape index (κ3) is 3.22. The van der Waals surface area contributed by atoms with Crippen LogP contribution in [0.15, 0.2) is 0 Å². The highest BCUT2D eigenvalue weighted by atomic mass is 16.3. The van der Waals surface area contributed by atoms with Crippen molar-refractivity contribution in [3.63, 3.8) is 0 Å². The fourth-order valence-electron chi connectivity index (χ4n) is 1.85. The Morgan fingerprint density at radius 3 is 2.67 bits per heavy atom. The molecule has 3 atom stereocenters. The van der Waals surface area contributed by atoms with Gasteiger partial charge in [0, 0.05) is 0 Å². The quantitative estimate of drug-likeness (QED) is 0.651. The first-order valence-corrected chi connectivity index (χ1v) is 5.89. The molecule has 0 aromatic heterocycles. The molecule has 0 saturated heterocycles. The van der Waals surface area contributed by atoms with E-state index in [1.165, 1.54) is 6.42 Å². The van der Waals surface area contributed by atoms with Crippen LogP contribution in [-0.2, 0) is 0 Å². The van der Waals surface area contributed by atoms with E-state index in [0.29, 0.717) is 6.42 Å². The third-order valence-electron chi connectivity index (χ3n) is 3.50. The number of rotatable bonds is 1. The van der Waals surface area contributed by atoms with Crippen molar-refractivity contribution in [1.82, 2.24) is 0 Å². The summed E-state index contributed by atoms with van der Waals surface area (Å²) in [5.74, 6) is 5.91. The molecule has 1 aliphatic carbocycles. The van der Waals surface area contributed by atoms with E-state index in [1.54, 1.807) is 6.92 Å². The van der Waals surface area contributed by atoms with Gasteiger partial charge in [0.15, 0.2) is 0 Å². The molecule has 0 amide bonds. The van der Waals surface area contributed by atoms with E-state index in [-0.39, 0.29) is 5.92 Å². The van der Waals surface area contributed by atoms with Crippen LogP contribution >= 0.6 is 0 Å². The monoisotopic (exact) mass is 210 g/mol. The second kappa shape index (κ2) is 4.55. The van der Waals surface area contributed by atoms with Crippen molar-refractivity contribution >= 4 is 0 Å². The summed E-state index contributed by atoms with van der Waals surface area (Å²) in [5, 5.41) is 20.1. The van der Waals surface area contributed by atoms with Gasteiger partial charge < -0.3 is 10.2 Å². The molecule has 0 bridgehead atoms. The normalized spacial score (nSPS) is 35.1. The maximum absolute atomic E-state index is 10.3. The fourth-order valence-corrected chi connectivity index (χ4v) is 1.85. The van der Waals surface area contributed by atoms with Crippen molar-refractivity contribution in [1.29, 1.82) is 0 Å². The highest BCUT2D eigenvalue weighted by Crippen LogP contribution is 2.33. The third-order valence-corrected chi connectivity index (χ3v) is 3.50. The van der Waals surface area contributed by atoms with Crippen LogP contribution in [0.3, 0.4) is 0 Å². The van der Waals surface area contributed by atoms with Crippen LogP contribution in [0.2, 0.25) is 0 Å². The van der Waals surface area contributed by atoms with Crippen molar-refractivity contribution in [2.24, 2.45) is 5.92 Å². The minimum Gasteiger partial charge on any atom is -0.378 e. The smallest absolute Gasteiger partial charge is 0.128 e. The average Bonchev–Trinajstić information content (AvgIpc) is 2.20. The van der Waals surface area contributed by atoms with Crippen LogP contribution in [0.1, 0.15) is 52.9 Å². The standard InChI is InChI=1S/C13H22O2/c1-4-12(3,14)9-10-13(15)8-6-5-7-11(13)2/h11,14-15H,4-8H2,1-3H3. The van der Waals surface area contributed by atoms with Crippen molar-refractivity contribution in [3.05, 3.63) is 0 Å². The van der Waals surface area contributed by atoms with Crippen LogP contribution in [0.4, 0.5) is 0 Å². The molecule has 2 nitrogen and oxygen atoms in total. The minimum absolute atomic E-state index is 0.214. The molecule has 0 spiro atoms. The average molecular weight is 210 g/mol. The van der Waals surface area contributed by atoms with Gasteiger partial charge in [-0.05, 0) is 38.5 Å². The Morgan fingerprint density at radius 1 is 1.47 bits per heavy atom. The molecule has 2 heteroatoms. The van der Waals surface area contributed by atoms with Gasteiger partial charge in [-0.3, -0.25) is 0 Å². The molecule has 0 radical (unpaired) electrons. The van der Waals surface area contributed by atoms with Gasteiger partial charge in [-0.25, -0.2) is 0 Å². The molecular weight excluding hydrogens is 188 g/mol. The molecule has 0 aromatic rings. The lowest BCUT2D eigenvalue weighted by atomic mass is 9.76. The number of hydrogen-bond donors (Lipinski definition) is 2. The molecule has 2 N–H and O–H groups in total. The largest absolute Gasteiger partial charge is 0.378 e. The van der Waals surface area contributed by atoms with E-state index in [9.17, 15) is 10.2 Å². The Hall–Kier alpha value is -0.520. The van der Waals surface area contributed by atoms with E-state index >= 15 is 0 Å². The first-order valence-electron chi connectivity index (χ1n) is 5.89. The molecule has 15 heavy (non-hydrogen) atoms. The van der Waals surface area contributed by atoms with Crippen molar-refractivity contribution in [2.45, 2.75) is 64.1 Å². The van der Waals surface area contributed by atoms with E-state index in [4.69, 9.17) is 0 Å². The number of aliphatic hydroxyl groups is 2. The molecule has 1 fully saturated rings. The molecule has 3 unspecified atom stereocenters. The lowest BCUT2D eigenvalue weighted by Crippen LogP contribution is -2.38. The summed E-state index contributed by atoms with van der Waals surface area (Å²) >= 11 is 0. The summed E-state index contributed by atoms with van der Waals surface area (Å²) in [6.07, 6.45) is 4.56. The van der Waals surface area contributed by atoms with Gasteiger partial charge in [0.1, 0.15) is 11.2 Å². The second-order valence-corrected chi connectivity index (χ2v) is 4.95. The van der Waals surface area contributed by atoms with Crippen LogP contribution in [0, 0.1) is 17.8 Å². The van der Waals surface area contributed by atoms with E-state index in [1.807, 2.05) is 13.8 Å². The zero-order valence-corrected chi connectivity index (χ0v) is 10.0. The van der Waals surface area contributed by atoms with Crippen LogP contribution in [-0.4, -0.2) is 21.4 Å². The van der Waals surface area contributed by atoms with Crippen LogP contribution in [0.25, 0.3) is 0 Å². The minimum atomic E-state index is -0.965. The van der Waals surface area contributed by atoms with Crippen molar-refractivity contribution < 1.29 is 10.2 Å². The summed E-state index contributed by atoms with van der Waals surface area (Å²) in [6.45, 7) is 5.62. The molecule has 1 aliphatic rings. The zero-order chi connectivity index (χ0) is 11.5. The summed E-state index contributed by atoms with van der Waals surface area (Å²) in [6, 6.07) is 0. The maximum Gasteiger partial charge on any atom is 0.128 e. The fraction of sp³-hybridized carbons (Fsp3) is 0.846. The molecule has 0 aromatic carbocycles. The molecule has 86 valence electrons. The summed E-state index contributed by atoms with van der Waals surface area (Å²) in [5.41, 5.74) is -1.84. The molecule has 1 rings (SSSR count).